The monoisotopic (exact) mass is 309 g/mol. The summed E-state index contributed by atoms with van der Waals surface area (Å²) in [6, 6.07) is 11.5. The molecule has 0 atom stereocenters. The molecule has 0 radical (unpaired) electrons. The van der Waals surface area contributed by atoms with Gasteiger partial charge < -0.3 is 15.0 Å². The summed E-state index contributed by atoms with van der Waals surface area (Å²) in [6.07, 6.45) is 3.63. The number of anilines is 1. The van der Waals surface area contributed by atoms with Crippen LogP contribution in [0.4, 0.5) is 5.82 Å². The first-order chi connectivity index (χ1) is 11.1. The molecule has 5 heteroatoms. The summed E-state index contributed by atoms with van der Waals surface area (Å²) >= 11 is 0. The van der Waals surface area contributed by atoms with Crippen LogP contribution in [0.1, 0.15) is 11.1 Å². The predicted molar refractivity (Wildman–Crippen MR) is 90.3 cm³/mol. The molecule has 1 aromatic carbocycles. The lowest BCUT2D eigenvalue weighted by atomic mass is 10.1. The maximum absolute atomic E-state index is 12.3. The van der Waals surface area contributed by atoms with Crippen molar-refractivity contribution in [1.29, 1.82) is 0 Å². The molecule has 0 saturated carbocycles. The zero-order valence-corrected chi connectivity index (χ0v) is 13.2. The Hall–Kier alpha value is -2.82. The van der Waals surface area contributed by atoms with Crippen LogP contribution in [0.5, 0.6) is 5.75 Å². The van der Waals surface area contributed by atoms with Gasteiger partial charge in [0.1, 0.15) is 18.2 Å². The fourth-order valence-electron chi connectivity index (χ4n) is 2.36. The second-order valence-electron chi connectivity index (χ2n) is 5.60. The lowest BCUT2D eigenvalue weighted by Gasteiger charge is -2.17. The number of carbonyl (C=O) groups is 1. The number of para-hydroxylation sites is 1. The van der Waals surface area contributed by atoms with E-state index in [2.05, 4.69) is 10.3 Å². The summed E-state index contributed by atoms with van der Waals surface area (Å²) < 4.78 is 5.61. The van der Waals surface area contributed by atoms with Gasteiger partial charge in [-0.05, 0) is 29.8 Å². The summed E-state index contributed by atoms with van der Waals surface area (Å²) in [5, 5.41) is 2.93. The Morgan fingerprint density at radius 1 is 1.30 bits per heavy atom. The topological polar surface area (TPSA) is 54.5 Å². The first kappa shape index (κ1) is 15.1. The summed E-state index contributed by atoms with van der Waals surface area (Å²) in [7, 11) is 3.87. The number of benzene rings is 1. The van der Waals surface area contributed by atoms with Gasteiger partial charge in [0.25, 0.3) is 5.91 Å². The van der Waals surface area contributed by atoms with Crippen LogP contribution < -0.4 is 15.0 Å². The van der Waals surface area contributed by atoms with Crippen LogP contribution in [0.25, 0.3) is 6.08 Å². The quantitative estimate of drug-likeness (QED) is 0.941. The van der Waals surface area contributed by atoms with Gasteiger partial charge >= 0.3 is 0 Å². The maximum Gasteiger partial charge on any atom is 0.250 e. The Morgan fingerprint density at radius 2 is 2.13 bits per heavy atom. The molecule has 3 rings (SSSR count). The van der Waals surface area contributed by atoms with Crippen LogP contribution in [0, 0.1) is 0 Å². The number of ether oxygens (including phenoxy) is 1. The van der Waals surface area contributed by atoms with E-state index in [1.165, 1.54) is 0 Å². The first-order valence-corrected chi connectivity index (χ1v) is 7.46. The van der Waals surface area contributed by atoms with Gasteiger partial charge in [-0.2, -0.15) is 0 Å². The Labute approximate surface area is 135 Å². The van der Waals surface area contributed by atoms with Crippen LogP contribution in [0.3, 0.4) is 0 Å². The van der Waals surface area contributed by atoms with Crippen molar-refractivity contribution in [1.82, 2.24) is 10.3 Å². The Bertz CT molecular complexity index is 753. The molecular weight excluding hydrogens is 290 g/mol. The molecule has 0 bridgehead atoms. The number of carbonyl (C=O) groups excluding carboxylic acids is 1. The second-order valence-corrected chi connectivity index (χ2v) is 5.60. The second kappa shape index (κ2) is 6.52. The molecule has 2 aromatic rings. The molecular formula is C18H19N3O2. The number of fused-ring (bicyclic) bond motifs is 1. The lowest BCUT2D eigenvalue weighted by Crippen LogP contribution is -2.28. The van der Waals surface area contributed by atoms with E-state index in [0.29, 0.717) is 18.7 Å². The summed E-state index contributed by atoms with van der Waals surface area (Å²) in [4.78, 5) is 18.5. The molecule has 118 valence electrons. The van der Waals surface area contributed by atoms with Gasteiger partial charge in [0.2, 0.25) is 0 Å². The third-order valence-corrected chi connectivity index (χ3v) is 3.64. The molecule has 23 heavy (non-hydrogen) atoms. The standard InChI is InChI=1S/C18H19N3O2/c1-21(2)17-9-13(7-8-19-17)11-20-18(22)15-10-14-5-3-4-6-16(14)23-12-15/h3-10H,11-12H2,1-2H3,(H,20,22). The fraction of sp³-hybridized carbons (Fsp3) is 0.222. The van der Waals surface area contributed by atoms with E-state index < -0.39 is 0 Å². The molecule has 1 N–H and O–H groups in total. The summed E-state index contributed by atoms with van der Waals surface area (Å²) in [5.41, 5.74) is 2.57. The van der Waals surface area contributed by atoms with Gasteiger partial charge in [-0.1, -0.05) is 18.2 Å². The number of hydrogen-bond donors (Lipinski definition) is 1. The largest absolute Gasteiger partial charge is 0.488 e. The first-order valence-electron chi connectivity index (χ1n) is 7.46. The van der Waals surface area contributed by atoms with Crippen molar-refractivity contribution in [3.8, 4) is 5.75 Å². The van der Waals surface area contributed by atoms with Gasteiger partial charge in [0.05, 0.1) is 5.57 Å². The molecule has 1 aliphatic rings. The molecule has 0 unspecified atom stereocenters. The minimum Gasteiger partial charge on any atom is -0.488 e. The van der Waals surface area contributed by atoms with Crippen molar-refractivity contribution < 1.29 is 9.53 Å². The van der Waals surface area contributed by atoms with E-state index in [0.717, 1.165) is 22.7 Å². The number of nitrogens with zero attached hydrogens (tertiary/aromatic N) is 2. The molecule has 2 heterocycles. The highest BCUT2D eigenvalue weighted by molar-refractivity contribution is 5.99. The van der Waals surface area contributed by atoms with Gasteiger partial charge in [0, 0.05) is 32.4 Å². The smallest absolute Gasteiger partial charge is 0.250 e. The number of aromatic nitrogens is 1. The lowest BCUT2D eigenvalue weighted by molar-refractivity contribution is -0.117. The van der Waals surface area contributed by atoms with Crippen LogP contribution >= 0.6 is 0 Å². The van der Waals surface area contributed by atoms with Crippen molar-refractivity contribution in [2.24, 2.45) is 0 Å². The molecule has 0 aliphatic carbocycles. The zero-order chi connectivity index (χ0) is 16.2. The fourth-order valence-corrected chi connectivity index (χ4v) is 2.36. The Morgan fingerprint density at radius 3 is 2.96 bits per heavy atom. The number of rotatable bonds is 4. The molecule has 1 aliphatic heterocycles. The third kappa shape index (κ3) is 3.51. The zero-order valence-electron chi connectivity index (χ0n) is 13.2. The maximum atomic E-state index is 12.3. The van der Waals surface area contributed by atoms with E-state index in [-0.39, 0.29) is 5.91 Å². The Kier molecular flexibility index (Phi) is 4.28. The molecule has 5 nitrogen and oxygen atoms in total. The van der Waals surface area contributed by atoms with Gasteiger partial charge in [-0.3, -0.25) is 4.79 Å². The highest BCUT2D eigenvalue weighted by atomic mass is 16.5. The van der Waals surface area contributed by atoms with E-state index in [4.69, 9.17) is 4.74 Å². The van der Waals surface area contributed by atoms with Crippen molar-refractivity contribution in [3.05, 3.63) is 59.3 Å². The average molecular weight is 309 g/mol. The van der Waals surface area contributed by atoms with E-state index in [1.54, 1.807) is 6.20 Å². The van der Waals surface area contributed by atoms with Crippen LogP contribution in [-0.2, 0) is 11.3 Å². The van der Waals surface area contributed by atoms with Crippen LogP contribution in [0.15, 0.2) is 48.2 Å². The summed E-state index contributed by atoms with van der Waals surface area (Å²) in [5.74, 6) is 1.57. The third-order valence-electron chi connectivity index (χ3n) is 3.64. The minimum absolute atomic E-state index is 0.109. The van der Waals surface area contributed by atoms with Gasteiger partial charge in [0.15, 0.2) is 0 Å². The van der Waals surface area contributed by atoms with Gasteiger partial charge in [-0.25, -0.2) is 4.98 Å². The summed E-state index contributed by atoms with van der Waals surface area (Å²) in [6.45, 7) is 0.753. The van der Waals surface area contributed by atoms with E-state index in [1.807, 2.05) is 61.5 Å². The Balaban J connectivity index is 1.66. The molecule has 1 amide bonds. The normalized spacial score (nSPS) is 12.7. The molecule has 0 saturated heterocycles. The number of pyridine rings is 1. The minimum atomic E-state index is -0.109. The van der Waals surface area contributed by atoms with Crippen LogP contribution in [-0.4, -0.2) is 31.6 Å². The molecule has 0 fully saturated rings. The van der Waals surface area contributed by atoms with Crippen molar-refractivity contribution in [3.63, 3.8) is 0 Å². The number of hydrogen-bond acceptors (Lipinski definition) is 4. The average Bonchev–Trinajstić information content (AvgIpc) is 2.59. The SMILES string of the molecule is CN(C)c1cc(CNC(=O)C2=Cc3ccccc3OC2)ccn1. The number of nitrogens with one attached hydrogen (secondary N) is 1. The van der Waals surface area contributed by atoms with Crippen molar-refractivity contribution >= 4 is 17.8 Å². The highest BCUT2D eigenvalue weighted by Gasteiger charge is 2.16. The van der Waals surface area contributed by atoms with Gasteiger partial charge in [-0.15, -0.1) is 0 Å². The predicted octanol–water partition coefficient (Wildman–Crippen LogP) is 2.24. The van der Waals surface area contributed by atoms with Crippen LogP contribution in [0.2, 0.25) is 0 Å². The molecule has 0 spiro atoms. The van der Waals surface area contributed by atoms with Crippen molar-refractivity contribution in [2.75, 3.05) is 25.6 Å². The highest BCUT2D eigenvalue weighted by Crippen LogP contribution is 2.25. The number of amides is 1. The molecule has 1 aromatic heterocycles. The van der Waals surface area contributed by atoms with Crippen molar-refractivity contribution in [2.45, 2.75) is 6.54 Å². The van der Waals surface area contributed by atoms with E-state index in [9.17, 15) is 4.79 Å². The van der Waals surface area contributed by atoms with E-state index >= 15 is 0 Å².